The lowest BCUT2D eigenvalue weighted by Crippen LogP contribution is -2.43. The SMILES string of the molecule is COc1cc(-c2ccncc2)c2ncc(=O)n(CCN3CCC(N)CC3)c2c1.COc1cc(-c2ccncc2)c2ncc(=O)n(CCN3CCC(NCc4cc5c(cn4)OCCO5)CC3)c2c1. The third-order valence-electron chi connectivity index (χ3n) is 12.9. The van der Waals surface area contributed by atoms with Crippen LogP contribution in [0.15, 0.2) is 108 Å². The average Bonchev–Trinajstić information content (AvgIpc) is 3.38. The summed E-state index contributed by atoms with van der Waals surface area (Å²) in [5.74, 6) is 2.87. The highest BCUT2D eigenvalue weighted by Gasteiger charge is 2.22. The minimum absolute atomic E-state index is 0.102. The molecule has 17 nitrogen and oxygen atoms in total. The number of nitrogens with zero attached hydrogens (tertiary/aromatic N) is 9. The van der Waals surface area contributed by atoms with Crippen LogP contribution in [0.1, 0.15) is 31.4 Å². The van der Waals surface area contributed by atoms with Gasteiger partial charge in [0.05, 0.1) is 60.6 Å². The molecule has 0 amide bonds. The number of piperidine rings is 2. The summed E-state index contributed by atoms with van der Waals surface area (Å²) < 4.78 is 25.9. The van der Waals surface area contributed by atoms with Gasteiger partial charge in [-0.1, -0.05) is 0 Å². The van der Waals surface area contributed by atoms with E-state index in [1.54, 1.807) is 49.8 Å². The lowest BCUT2D eigenvalue weighted by atomic mass is 10.0. The molecule has 17 heteroatoms. The topological polar surface area (TPSA) is 190 Å². The van der Waals surface area contributed by atoms with Gasteiger partial charge in [-0.25, -0.2) is 9.97 Å². The van der Waals surface area contributed by atoms with Crippen molar-refractivity contribution in [3.05, 3.63) is 124 Å². The minimum atomic E-state index is -0.111. The Morgan fingerprint density at radius 3 is 1.63 bits per heavy atom. The van der Waals surface area contributed by atoms with Crippen LogP contribution in [-0.2, 0) is 19.6 Å². The van der Waals surface area contributed by atoms with E-state index in [-0.39, 0.29) is 11.1 Å². The summed E-state index contributed by atoms with van der Waals surface area (Å²) in [5.41, 5.74) is 13.7. The number of nitrogens with one attached hydrogen (secondary N) is 1. The van der Waals surface area contributed by atoms with Crippen molar-refractivity contribution in [3.63, 3.8) is 0 Å². The molecule has 0 bridgehead atoms. The van der Waals surface area contributed by atoms with Crippen LogP contribution in [-0.4, -0.2) is 123 Å². The Balaban J connectivity index is 0.000000177. The molecule has 0 spiro atoms. The van der Waals surface area contributed by atoms with Gasteiger partial charge in [-0.15, -0.1) is 0 Å². The first-order valence-corrected chi connectivity index (χ1v) is 23.0. The molecule has 348 valence electrons. The summed E-state index contributed by atoms with van der Waals surface area (Å²) in [6, 6.07) is 18.1. The number of rotatable bonds is 13. The largest absolute Gasteiger partial charge is 0.497 e. The molecule has 8 heterocycles. The Hall–Kier alpha value is -6.79. The number of aromatic nitrogens is 7. The van der Waals surface area contributed by atoms with Gasteiger partial charge in [0.15, 0.2) is 11.5 Å². The maximum absolute atomic E-state index is 12.9. The van der Waals surface area contributed by atoms with Gasteiger partial charge >= 0.3 is 0 Å². The fraction of sp³-hybridized carbons (Fsp3) is 0.380. The second-order valence-corrected chi connectivity index (χ2v) is 17.0. The number of likely N-dealkylation sites (tertiary alicyclic amines) is 2. The second-order valence-electron chi connectivity index (χ2n) is 17.0. The fourth-order valence-corrected chi connectivity index (χ4v) is 9.04. The maximum atomic E-state index is 12.9. The van der Waals surface area contributed by atoms with E-state index in [1.165, 1.54) is 12.4 Å². The molecular formula is C50H57N11O6. The predicted molar refractivity (Wildman–Crippen MR) is 257 cm³/mol. The van der Waals surface area contributed by atoms with Crippen LogP contribution in [0.5, 0.6) is 23.0 Å². The van der Waals surface area contributed by atoms with E-state index < -0.39 is 0 Å². The molecule has 5 aromatic heterocycles. The highest BCUT2D eigenvalue weighted by atomic mass is 16.6. The number of hydrogen-bond acceptors (Lipinski definition) is 15. The van der Waals surface area contributed by atoms with Crippen molar-refractivity contribution in [1.82, 2.24) is 49.2 Å². The Labute approximate surface area is 388 Å². The fourth-order valence-electron chi connectivity index (χ4n) is 9.04. The molecule has 67 heavy (non-hydrogen) atoms. The van der Waals surface area contributed by atoms with E-state index in [9.17, 15) is 9.59 Å². The van der Waals surface area contributed by atoms with Gasteiger partial charge in [-0.2, -0.15) is 0 Å². The van der Waals surface area contributed by atoms with Gasteiger partial charge in [0.25, 0.3) is 11.1 Å². The van der Waals surface area contributed by atoms with Crippen molar-refractivity contribution in [1.29, 1.82) is 0 Å². The molecule has 10 rings (SSSR count). The summed E-state index contributed by atoms with van der Waals surface area (Å²) in [7, 11) is 3.27. The molecule has 2 fully saturated rings. The lowest BCUT2D eigenvalue weighted by molar-refractivity contribution is 0.170. The molecule has 2 aromatic carbocycles. The van der Waals surface area contributed by atoms with Crippen molar-refractivity contribution in [3.8, 4) is 45.3 Å². The normalized spacial score (nSPS) is 15.9. The second kappa shape index (κ2) is 21.2. The highest BCUT2D eigenvalue weighted by molar-refractivity contribution is 5.94. The van der Waals surface area contributed by atoms with Crippen LogP contribution in [0.3, 0.4) is 0 Å². The summed E-state index contributed by atoms with van der Waals surface area (Å²) in [6.45, 7) is 8.52. The van der Waals surface area contributed by atoms with Gasteiger partial charge in [-0.3, -0.25) is 24.5 Å². The molecule has 7 aromatic rings. The maximum Gasteiger partial charge on any atom is 0.269 e. The summed E-state index contributed by atoms with van der Waals surface area (Å²) in [5, 5.41) is 3.64. The molecule has 0 aliphatic carbocycles. The van der Waals surface area contributed by atoms with Gasteiger partial charge in [-0.05, 0) is 99.4 Å². The zero-order valence-electron chi connectivity index (χ0n) is 38.1. The summed E-state index contributed by atoms with van der Waals surface area (Å²) in [6.07, 6.45) is 15.7. The number of hydrogen-bond donors (Lipinski definition) is 2. The first kappa shape index (κ1) is 45.4. The molecule has 0 radical (unpaired) electrons. The van der Waals surface area contributed by atoms with Crippen LogP contribution in [0.4, 0.5) is 0 Å². The van der Waals surface area contributed by atoms with E-state index in [0.29, 0.717) is 62.2 Å². The molecule has 0 unspecified atom stereocenters. The summed E-state index contributed by atoms with van der Waals surface area (Å²) in [4.78, 5) is 52.0. The molecule has 3 aliphatic rings. The van der Waals surface area contributed by atoms with Crippen LogP contribution >= 0.6 is 0 Å². The Bertz CT molecular complexity index is 2900. The molecule has 0 atom stereocenters. The van der Waals surface area contributed by atoms with Crippen LogP contribution in [0, 0.1) is 0 Å². The van der Waals surface area contributed by atoms with Crippen molar-refractivity contribution < 1.29 is 18.9 Å². The van der Waals surface area contributed by atoms with Gasteiger partial charge in [0.1, 0.15) is 24.7 Å². The first-order valence-electron chi connectivity index (χ1n) is 23.0. The van der Waals surface area contributed by atoms with E-state index in [2.05, 4.69) is 40.0 Å². The predicted octanol–water partition coefficient (Wildman–Crippen LogP) is 4.78. The Morgan fingerprint density at radius 1 is 0.627 bits per heavy atom. The average molecular weight is 908 g/mol. The number of pyridine rings is 3. The van der Waals surface area contributed by atoms with Crippen LogP contribution in [0.2, 0.25) is 0 Å². The standard InChI is InChI=1S/C29H32N6O4.C21H25N5O2/c1-37-23-15-24(20-2-6-30-7-3-20)29-25(16-23)35(28(36)19-33-29)11-10-34-8-4-21(5-9-34)31-17-22-14-26-27(18-32-22)39-13-12-38-26;1-28-17-12-18(15-2-6-23-7-3-15)21-19(13-17)26(20(27)14-24-21)11-10-25-8-4-16(22)5-9-25/h2-3,6-7,14-16,18-19,21,31H,4-5,8-13,17H2,1H3;2-3,6-7,12-14,16H,4-5,8-11,22H2,1H3. The summed E-state index contributed by atoms with van der Waals surface area (Å²) >= 11 is 0. The van der Waals surface area contributed by atoms with Gasteiger partial charge in [0.2, 0.25) is 0 Å². The lowest BCUT2D eigenvalue weighted by Gasteiger charge is -2.32. The Morgan fingerprint density at radius 2 is 1.12 bits per heavy atom. The van der Waals surface area contributed by atoms with Crippen LogP contribution in [0.25, 0.3) is 44.3 Å². The van der Waals surface area contributed by atoms with Crippen molar-refractivity contribution >= 4 is 22.1 Å². The van der Waals surface area contributed by atoms with E-state index in [0.717, 1.165) is 121 Å². The molecule has 2 saturated heterocycles. The van der Waals surface area contributed by atoms with Gasteiger partial charge < -0.3 is 48.9 Å². The van der Waals surface area contributed by atoms with E-state index in [1.807, 2.05) is 59.2 Å². The van der Waals surface area contributed by atoms with Crippen LogP contribution < -0.4 is 41.1 Å². The zero-order valence-corrected chi connectivity index (χ0v) is 38.1. The van der Waals surface area contributed by atoms with Crippen molar-refractivity contribution in [2.45, 2.75) is 57.4 Å². The number of nitrogens with two attached hydrogens (primary N) is 1. The monoisotopic (exact) mass is 907 g/mol. The van der Waals surface area contributed by atoms with E-state index in [4.69, 9.17) is 24.7 Å². The number of ether oxygens (including phenoxy) is 4. The highest BCUT2D eigenvalue weighted by Crippen LogP contribution is 2.33. The number of benzene rings is 2. The molecular weight excluding hydrogens is 851 g/mol. The molecule has 0 saturated carbocycles. The van der Waals surface area contributed by atoms with Gasteiger partial charge in [0, 0.05) is 98.9 Å². The molecule has 3 aliphatic heterocycles. The number of methoxy groups -OCH3 is 2. The Kier molecular flexibility index (Phi) is 14.4. The molecule has 3 N–H and O–H groups in total. The third-order valence-corrected chi connectivity index (χ3v) is 12.9. The quantitative estimate of drug-likeness (QED) is 0.161. The van der Waals surface area contributed by atoms with Crippen molar-refractivity contribution in [2.24, 2.45) is 5.73 Å². The first-order chi connectivity index (χ1) is 32.8. The number of fused-ring (bicyclic) bond motifs is 3. The van der Waals surface area contributed by atoms with E-state index >= 15 is 0 Å². The zero-order chi connectivity index (χ0) is 46.1. The van der Waals surface area contributed by atoms with Crippen molar-refractivity contribution in [2.75, 3.05) is 66.7 Å². The third kappa shape index (κ3) is 10.8. The minimum Gasteiger partial charge on any atom is -0.497 e. The smallest absolute Gasteiger partial charge is 0.269 e.